The molecule has 5 rings (SSSR count). The molecule has 4 aromatic rings. The second kappa shape index (κ2) is 7.07. The van der Waals surface area contributed by atoms with Gasteiger partial charge in [-0.05, 0) is 49.1 Å². The molecular weight excluding hydrogens is 399 g/mol. The van der Waals surface area contributed by atoms with Gasteiger partial charge in [0.25, 0.3) is 0 Å². The van der Waals surface area contributed by atoms with Crippen molar-refractivity contribution < 1.29 is 4.39 Å². The van der Waals surface area contributed by atoms with Crippen LogP contribution < -0.4 is 0 Å². The van der Waals surface area contributed by atoms with E-state index in [0.29, 0.717) is 11.3 Å². The van der Waals surface area contributed by atoms with Crippen LogP contribution in [-0.4, -0.2) is 25.8 Å². The first-order valence-corrected chi connectivity index (χ1v) is 11.9. The lowest BCUT2D eigenvalue weighted by Gasteiger charge is -2.10. The van der Waals surface area contributed by atoms with Crippen LogP contribution in [0.5, 0.6) is 0 Å². The van der Waals surface area contributed by atoms with E-state index >= 15 is 0 Å². The van der Waals surface area contributed by atoms with E-state index in [1.165, 1.54) is 41.1 Å². The van der Waals surface area contributed by atoms with Gasteiger partial charge in [-0.25, -0.2) is 13.8 Å². The van der Waals surface area contributed by atoms with Crippen LogP contribution >= 0.6 is 34.9 Å². The molecule has 0 atom stereocenters. The van der Waals surface area contributed by atoms with Crippen molar-refractivity contribution in [2.24, 2.45) is 0 Å². The van der Waals surface area contributed by atoms with Gasteiger partial charge in [0, 0.05) is 10.6 Å². The quantitative estimate of drug-likeness (QED) is 0.330. The molecule has 0 N–H and O–H groups in total. The summed E-state index contributed by atoms with van der Waals surface area (Å²) in [6.45, 7) is 0. The average molecular weight is 417 g/mol. The molecule has 1 aromatic carbocycles. The Hall–Kier alpha value is -1.64. The van der Waals surface area contributed by atoms with Gasteiger partial charge in [-0.3, -0.25) is 0 Å². The van der Waals surface area contributed by atoms with Gasteiger partial charge in [0.05, 0.1) is 5.39 Å². The van der Waals surface area contributed by atoms with E-state index in [1.807, 2.05) is 22.8 Å². The van der Waals surface area contributed by atoms with Gasteiger partial charge >= 0.3 is 0 Å². The number of aromatic nitrogens is 4. The molecule has 0 amide bonds. The monoisotopic (exact) mass is 416 g/mol. The Balaban J connectivity index is 1.63. The smallest absolute Gasteiger partial charge is 0.198 e. The number of thiophene rings is 1. The Morgan fingerprint density at radius 1 is 1.15 bits per heavy atom. The Kier molecular flexibility index (Phi) is 4.57. The second-order valence-electron chi connectivity index (χ2n) is 6.51. The number of nitrogens with zero attached hydrogens (tertiary/aromatic N) is 4. The van der Waals surface area contributed by atoms with Crippen LogP contribution in [0, 0.1) is 5.82 Å². The Morgan fingerprint density at radius 2 is 2.00 bits per heavy atom. The number of hydrogen-bond donors (Lipinski definition) is 0. The zero-order valence-electron chi connectivity index (χ0n) is 14.7. The molecule has 8 heteroatoms. The van der Waals surface area contributed by atoms with Gasteiger partial charge in [-0.15, -0.1) is 21.5 Å². The topological polar surface area (TPSA) is 43.1 Å². The third-order valence-electron chi connectivity index (χ3n) is 4.90. The molecule has 4 nitrogen and oxygen atoms in total. The number of aryl methyl sites for hydroxylation is 2. The van der Waals surface area contributed by atoms with Gasteiger partial charge in [0.1, 0.15) is 10.6 Å². The summed E-state index contributed by atoms with van der Waals surface area (Å²) < 4.78 is 16.0. The molecule has 0 fully saturated rings. The molecule has 0 saturated carbocycles. The number of benzene rings is 1. The summed E-state index contributed by atoms with van der Waals surface area (Å²) in [5, 5.41) is 11.8. The van der Waals surface area contributed by atoms with Crippen LogP contribution in [0.2, 0.25) is 0 Å². The highest BCUT2D eigenvalue weighted by Gasteiger charge is 2.23. The molecule has 1 aliphatic rings. The van der Waals surface area contributed by atoms with Gasteiger partial charge in [0.15, 0.2) is 16.0 Å². The lowest BCUT2D eigenvalue weighted by molar-refractivity contribution is 0.617. The maximum atomic E-state index is 14.0. The number of halogens is 1. The van der Waals surface area contributed by atoms with Crippen LogP contribution in [0.4, 0.5) is 4.39 Å². The molecule has 1 aliphatic carbocycles. The van der Waals surface area contributed by atoms with Crippen molar-refractivity contribution in [1.82, 2.24) is 19.6 Å². The molecule has 0 bridgehead atoms. The molecule has 0 saturated heterocycles. The SMILES string of the molecule is CSc1nc2sc3c(c2c2nnc(SCc4ccccc4F)n12)CCCC3. The molecule has 0 aliphatic heterocycles. The van der Waals surface area contributed by atoms with E-state index in [-0.39, 0.29) is 5.82 Å². The van der Waals surface area contributed by atoms with Crippen molar-refractivity contribution in [3.05, 3.63) is 46.1 Å². The lowest BCUT2D eigenvalue weighted by atomic mass is 9.97. The predicted molar refractivity (Wildman–Crippen MR) is 111 cm³/mol. The van der Waals surface area contributed by atoms with Gasteiger partial charge in [-0.1, -0.05) is 41.7 Å². The van der Waals surface area contributed by atoms with E-state index in [9.17, 15) is 4.39 Å². The van der Waals surface area contributed by atoms with E-state index in [0.717, 1.165) is 39.0 Å². The number of fused-ring (bicyclic) bond motifs is 5. The first kappa shape index (κ1) is 17.5. The molecule has 0 spiro atoms. The first-order chi connectivity index (χ1) is 13.3. The van der Waals surface area contributed by atoms with Crippen molar-refractivity contribution in [3.63, 3.8) is 0 Å². The van der Waals surface area contributed by atoms with E-state index in [2.05, 4.69) is 10.2 Å². The summed E-state index contributed by atoms with van der Waals surface area (Å²) in [6, 6.07) is 6.87. The van der Waals surface area contributed by atoms with Gasteiger partial charge in [-0.2, -0.15) is 0 Å². The van der Waals surface area contributed by atoms with E-state index < -0.39 is 0 Å². The lowest BCUT2D eigenvalue weighted by Crippen LogP contribution is -2.00. The summed E-state index contributed by atoms with van der Waals surface area (Å²) in [5.74, 6) is 0.331. The molecule has 0 unspecified atom stereocenters. The molecule has 0 radical (unpaired) electrons. The van der Waals surface area contributed by atoms with Crippen LogP contribution in [0.3, 0.4) is 0 Å². The molecule has 27 heavy (non-hydrogen) atoms. The first-order valence-electron chi connectivity index (χ1n) is 8.86. The summed E-state index contributed by atoms with van der Waals surface area (Å²) in [7, 11) is 0. The van der Waals surface area contributed by atoms with Crippen molar-refractivity contribution >= 4 is 50.7 Å². The van der Waals surface area contributed by atoms with Gasteiger partial charge < -0.3 is 0 Å². The Bertz CT molecular complexity index is 1150. The third-order valence-corrected chi connectivity index (χ3v) is 7.70. The minimum atomic E-state index is -0.184. The van der Waals surface area contributed by atoms with Crippen molar-refractivity contribution in [3.8, 4) is 0 Å². The van der Waals surface area contributed by atoms with Crippen molar-refractivity contribution in [2.45, 2.75) is 41.7 Å². The highest BCUT2D eigenvalue weighted by atomic mass is 32.2. The minimum Gasteiger partial charge on any atom is -0.248 e. The maximum absolute atomic E-state index is 14.0. The number of rotatable bonds is 4. The molecule has 3 aromatic heterocycles. The Labute approximate surface area is 168 Å². The summed E-state index contributed by atoms with van der Waals surface area (Å²) in [5.41, 5.74) is 2.97. The summed E-state index contributed by atoms with van der Waals surface area (Å²) >= 11 is 4.90. The second-order valence-corrected chi connectivity index (χ2v) is 9.31. The molecule has 138 valence electrons. The molecular formula is C19H17FN4S3. The van der Waals surface area contributed by atoms with Crippen LogP contribution in [0.15, 0.2) is 34.6 Å². The fourth-order valence-electron chi connectivity index (χ4n) is 3.59. The fraction of sp³-hybridized carbons (Fsp3) is 0.316. The maximum Gasteiger partial charge on any atom is 0.198 e. The highest BCUT2D eigenvalue weighted by Crippen LogP contribution is 2.39. The van der Waals surface area contributed by atoms with Crippen molar-refractivity contribution in [1.29, 1.82) is 0 Å². The van der Waals surface area contributed by atoms with Crippen LogP contribution in [0.1, 0.15) is 28.8 Å². The fourth-order valence-corrected chi connectivity index (χ4v) is 6.42. The van der Waals surface area contributed by atoms with Crippen LogP contribution in [-0.2, 0) is 18.6 Å². The highest BCUT2D eigenvalue weighted by molar-refractivity contribution is 7.99. The zero-order valence-corrected chi connectivity index (χ0v) is 17.2. The Morgan fingerprint density at radius 3 is 2.85 bits per heavy atom. The van der Waals surface area contributed by atoms with Gasteiger partial charge in [0.2, 0.25) is 0 Å². The number of thioether (sulfide) groups is 2. The largest absolute Gasteiger partial charge is 0.248 e. The standard InChI is InChI=1S/C19H17FN4S3/c1-25-18-21-17-15(12-7-3-5-9-14(12)27-17)16-22-23-19(24(16)18)26-10-11-6-2-4-8-13(11)20/h2,4,6,8H,3,5,7,9-10H2,1H3. The molecule has 3 heterocycles. The third kappa shape index (κ3) is 2.94. The summed E-state index contributed by atoms with van der Waals surface area (Å²) in [4.78, 5) is 7.43. The minimum absolute atomic E-state index is 0.184. The number of hydrogen-bond acceptors (Lipinski definition) is 6. The van der Waals surface area contributed by atoms with E-state index in [4.69, 9.17) is 4.98 Å². The zero-order chi connectivity index (χ0) is 18.4. The summed E-state index contributed by atoms with van der Waals surface area (Å²) in [6.07, 6.45) is 6.72. The van der Waals surface area contributed by atoms with E-state index in [1.54, 1.807) is 29.2 Å². The predicted octanol–water partition coefficient (Wildman–Crippen LogP) is 5.37. The van der Waals surface area contributed by atoms with Crippen LogP contribution in [0.25, 0.3) is 15.9 Å². The normalized spacial score (nSPS) is 14.1. The van der Waals surface area contributed by atoms with Crippen molar-refractivity contribution in [2.75, 3.05) is 6.26 Å². The average Bonchev–Trinajstić information content (AvgIpc) is 3.27.